The summed E-state index contributed by atoms with van der Waals surface area (Å²) < 4.78 is 6.15. The van der Waals surface area contributed by atoms with Crippen LogP contribution in [0.5, 0.6) is 11.5 Å². The first kappa shape index (κ1) is 25.5. The molecule has 220 valence electrons. The van der Waals surface area contributed by atoms with Gasteiger partial charge in [0.1, 0.15) is 34.1 Å². The van der Waals surface area contributed by atoms with E-state index in [0.29, 0.717) is 57.4 Å². The minimum Gasteiger partial charge on any atom is -0.456 e. The molecular formula is C37H21N9O. The van der Waals surface area contributed by atoms with Crippen molar-refractivity contribution in [3.8, 4) is 57.1 Å². The van der Waals surface area contributed by atoms with Gasteiger partial charge in [0.15, 0.2) is 23.3 Å². The highest BCUT2D eigenvalue weighted by molar-refractivity contribution is 6.06. The van der Waals surface area contributed by atoms with Crippen molar-refractivity contribution in [3.05, 3.63) is 116 Å². The lowest BCUT2D eigenvalue weighted by atomic mass is 10.1. The van der Waals surface area contributed by atoms with E-state index in [-0.39, 0.29) is 0 Å². The van der Waals surface area contributed by atoms with Gasteiger partial charge in [-0.1, -0.05) is 72.8 Å². The predicted octanol–water partition coefficient (Wildman–Crippen LogP) is 8.06. The van der Waals surface area contributed by atoms with E-state index in [1.54, 1.807) is 12.4 Å². The van der Waals surface area contributed by atoms with E-state index in [0.717, 1.165) is 43.8 Å². The Bertz CT molecular complexity index is 2730. The minimum atomic E-state index is 0.541. The van der Waals surface area contributed by atoms with E-state index < -0.39 is 0 Å². The number of fused-ring (bicyclic) bond motifs is 20. The highest BCUT2D eigenvalue weighted by Gasteiger charge is 2.22. The average molecular weight is 608 g/mol. The molecule has 2 N–H and O–H groups in total. The van der Waals surface area contributed by atoms with Crippen LogP contribution in [0.2, 0.25) is 0 Å². The Kier molecular flexibility index (Phi) is 5.34. The van der Waals surface area contributed by atoms with Crippen molar-refractivity contribution in [1.29, 1.82) is 0 Å². The lowest BCUT2D eigenvalue weighted by Crippen LogP contribution is -1.85. The number of hydrogen-bond acceptors (Lipinski definition) is 8. The second-order valence-electron chi connectivity index (χ2n) is 11.2. The Labute approximate surface area is 265 Å². The van der Waals surface area contributed by atoms with Crippen molar-refractivity contribution in [1.82, 2.24) is 44.9 Å². The van der Waals surface area contributed by atoms with Gasteiger partial charge in [-0.25, -0.2) is 29.9 Å². The van der Waals surface area contributed by atoms with Crippen LogP contribution < -0.4 is 4.74 Å². The second-order valence-corrected chi connectivity index (χ2v) is 11.2. The van der Waals surface area contributed by atoms with Crippen molar-refractivity contribution in [3.63, 3.8) is 0 Å². The minimum absolute atomic E-state index is 0.541. The number of H-pyrrole nitrogens is 2. The molecule has 10 heteroatoms. The number of aromatic nitrogens is 9. The van der Waals surface area contributed by atoms with E-state index in [1.807, 2.05) is 103 Å². The molecule has 10 rings (SSSR count). The summed E-state index contributed by atoms with van der Waals surface area (Å²) in [7, 11) is 0. The first-order chi connectivity index (χ1) is 23.2. The summed E-state index contributed by atoms with van der Waals surface area (Å²) in [6.45, 7) is 0. The smallest absolute Gasteiger partial charge is 0.164 e. The van der Waals surface area contributed by atoms with Crippen LogP contribution in [0, 0.1) is 0 Å². The van der Waals surface area contributed by atoms with Crippen LogP contribution >= 0.6 is 0 Å². The number of nitrogens with zero attached hydrogens (tertiary/aromatic N) is 7. The summed E-state index contributed by atoms with van der Waals surface area (Å²) >= 11 is 0. The van der Waals surface area contributed by atoms with Crippen molar-refractivity contribution in [2.75, 3.05) is 0 Å². The fourth-order valence-corrected chi connectivity index (χ4v) is 6.23. The third-order valence-electron chi connectivity index (χ3n) is 8.39. The molecule has 0 saturated carbocycles. The van der Waals surface area contributed by atoms with Crippen LogP contribution in [-0.2, 0) is 0 Å². The highest BCUT2D eigenvalue weighted by Crippen LogP contribution is 2.37. The lowest BCUT2D eigenvalue weighted by molar-refractivity contribution is 0.481. The van der Waals surface area contributed by atoms with Crippen molar-refractivity contribution < 1.29 is 4.74 Å². The van der Waals surface area contributed by atoms with Crippen LogP contribution in [-0.4, -0.2) is 44.9 Å². The fraction of sp³-hybridized carbons (Fsp3) is 0. The third kappa shape index (κ3) is 4.09. The molecule has 0 fully saturated rings. The summed E-state index contributed by atoms with van der Waals surface area (Å²) in [5.41, 5.74) is 6.08. The number of aromatic amines is 2. The Balaban J connectivity index is 1.34. The second kappa shape index (κ2) is 9.85. The molecule has 4 aromatic heterocycles. The predicted molar refractivity (Wildman–Crippen MR) is 180 cm³/mol. The van der Waals surface area contributed by atoms with Gasteiger partial charge in [-0.3, -0.25) is 4.98 Å². The molecule has 0 radical (unpaired) electrons. The summed E-state index contributed by atoms with van der Waals surface area (Å²) in [6, 6.07) is 33.6. The Morgan fingerprint density at radius 1 is 0.404 bits per heavy atom. The lowest BCUT2D eigenvalue weighted by Gasteiger charge is -2.04. The molecule has 2 aliphatic rings. The number of ether oxygens (including phenoxy) is 1. The summed E-state index contributed by atoms with van der Waals surface area (Å²) in [5, 5.41) is 3.55. The molecule has 0 amide bonds. The maximum Gasteiger partial charge on any atom is 0.164 e. The number of benzene rings is 4. The van der Waals surface area contributed by atoms with Gasteiger partial charge in [-0.15, -0.1) is 0 Å². The summed E-state index contributed by atoms with van der Waals surface area (Å²) in [4.78, 5) is 41.3. The maximum absolute atomic E-state index is 6.15. The van der Waals surface area contributed by atoms with Gasteiger partial charge in [0.05, 0.1) is 6.20 Å². The summed E-state index contributed by atoms with van der Waals surface area (Å²) in [5.74, 6) is 3.50. The number of rotatable bonds is 2. The number of nitrogens with one attached hydrogen (secondary N) is 2. The van der Waals surface area contributed by atoms with Gasteiger partial charge in [-0.05, 0) is 30.3 Å². The van der Waals surface area contributed by atoms with Gasteiger partial charge in [-0.2, -0.15) is 0 Å². The van der Waals surface area contributed by atoms with Crippen LogP contribution in [0.1, 0.15) is 0 Å². The molecular weight excluding hydrogens is 586 g/mol. The monoisotopic (exact) mass is 607 g/mol. The van der Waals surface area contributed by atoms with Gasteiger partial charge in [0, 0.05) is 50.0 Å². The molecule has 0 unspecified atom stereocenters. The van der Waals surface area contributed by atoms with E-state index >= 15 is 0 Å². The fourth-order valence-electron chi connectivity index (χ4n) is 6.23. The normalized spacial score (nSPS) is 11.8. The third-order valence-corrected chi connectivity index (χ3v) is 8.39. The van der Waals surface area contributed by atoms with Crippen LogP contribution in [0.25, 0.3) is 89.7 Å². The quantitative estimate of drug-likeness (QED) is 0.202. The average Bonchev–Trinajstić information content (AvgIpc) is 3.84. The molecule has 2 aliphatic heterocycles. The zero-order valence-electron chi connectivity index (χ0n) is 24.5. The topological polar surface area (TPSA) is 131 Å². The summed E-state index contributed by atoms with van der Waals surface area (Å²) in [6.07, 6.45) is 3.39. The van der Waals surface area contributed by atoms with E-state index in [4.69, 9.17) is 34.6 Å². The number of hydrogen-bond donors (Lipinski definition) is 2. The van der Waals surface area contributed by atoms with Gasteiger partial charge in [0.25, 0.3) is 0 Å². The van der Waals surface area contributed by atoms with Crippen molar-refractivity contribution >= 4 is 44.1 Å². The Hall–Kier alpha value is -6.81. The first-order valence-electron chi connectivity index (χ1n) is 15.1. The molecule has 0 atom stereocenters. The van der Waals surface area contributed by atoms with Crippen LogP contribution in [0.4, 0.5) is 0 Å². The highest BCUT2D eigenvalue weighted by atomic mass is 16.5. The van der Waals surface area contributed by atoms with Gasteiger partial charge < -0.3 is 14.7 Å². The molecule has 8 aromatic rings. The van der Waals surface area contributed by atoms with Gasteiger partial charge >= 0.3 is 0 Å². The standard InChI is InChI=1S/C37H21N9O/c1-2-10-23-22(9-1)30-39-31(23)41-33-26-13-5-6-14-27(26)35(43-33)45-37-29-18-20(47-21-8-7-17-38-19-21)15-16-28(29)36(46-37)44-34-25-12-4-3-11-24(25)32(40-30)42-34/h1-19H,(H2,39,40,41,42,43,44,45,46). The van der Waals surface area contributed by atoms with Crippen LogP contribution in [0.3, 0.4) is 0 Å². The van der Waals surface area contributed by atoms with E-state index in [2.05, 4.69) is 15.0 Å². The number of pyridine rings is 1. The molecule has 4 aromatic carbocycles. The Morgan fingerprint density at radius 2 is 0.872 bits per heavy atom. The largest absolute Gasteiger partial charge is 0.456 e. The van der Waals surface area contributed by atoms with E-state index in [9.17, 15) is 0 Å². The molecule has 0 saturated heterocycles. The van der Waals surface area contributed by atoms with Gasteiger partial charge in [0.2, 0.25) is 0 Å². The maximum atomic E-state index is 6.15. The zero-order valence-corrected chi connectivity index (χ0v) is 24.5. The molecule has 0 spiro atoms. The molecule has 10 nitrogen and oxygen atoms in total. The first-order valence-corrected chi connectivity index (χ1v) is 15.1. The molecule has 0 aliphatic carbocycles. The SMILES string of the molecule is c1cncc(Oc2ccc3c4nc5nc(nc6[nH]c(nc7nc(nc([nH]4)c3c2)-c2ccccc2-7)c2ccccc62)-c2ccccc2-5)c1. The molecule has 6 heterocycles. The van der Waals surface area contributed by atoms with Crippen LogP contribution in [0.15, 0.2) is 116 Å². The Morgan fingerprint density at radius 3 is 1.36 bits per heavy atom. The van der Waals surface area contributed by atoms with Crippen molar-refractivity contribution in [2.24, 2.45) is 0 Å². The zero-order chi connectivity index (χ0) is 30.9. The molecule has 8 bridgehead atoms. The van der Waals surface area contributed by atoms with E-state index in [1.165, 1.54) is 0 Å². The molecule has 47 heavy (non-hydrogen) atoms. The van der Waals surface area contributed by atoms with Crippen molar-refractivity contribution in [2.45, 2.75) is 0 Å².